The molecule has 4 rings (SSSR count). The minimum atomic E-state index is 0.170. The second-order valence-electron chi connectivity index (χ2n) is 7.97. The number of hydrogen-bond donors (Lipinski definition) is 3. The second-order valence-corrected chi connectivity index (χ2v) is 7.97. The van der Waals surface area contributed by atoms with E-state index in [4.69, 9.17) is 15.2 Å². The average molecular weight is 493 g/mol. The predicted molar refractivity (Wildman–Crippen MR) is 140 cm³/mol. The molecular weight excluding hydrogens is 460 g/mol. The third kappa shape index (κ3) is 5.08. The van der Waals surface area contributed by atoms with Crippen molar-refractivity contribution in [1.29, 1.82) is 0 Å². The Bertz CT molecular complexity index is 1300. The molecular formula is C24H32N10O2. The highest BCUT2D eigenvalue weighted by Gasteiger charge is 2.17. The zero-order chi connectivity index (χ0) is 25.7. The number of nitrogens with one attached hydrogen (secondary N) is 2. The number of fused-ring (bicyclic) bond motifs is 1. The zero-order valence-corrected chi connectivity index (χ0v) is 21.2. The van der Waals surface area contributed by atoms with E-state index < -0.39 is 0 Å². The standard InChI is InChI=1S/C24H32N10O2/c1-6-21(33(7-2)8-3)30-20-10-9-15(13-26-20)29-24-31-23(25)34(32-24)22-16-11-18(35-4)19(36-5)12-17(16)27-14-28-22/h9-14,21H,6-8H2,1-5H3,(H,26,30)(H3,25,29,31,32). The maximum absolute atomic E-state index is 6.20. The molecule has 36 heavy (non-hydrogen) atoms. The number of nitrogen functional groups attached to an aromatic ring is 1. The Morgan fingerprint density at radius 2 is 1.78 bits per heavy atom. The first kappa shape index (κ1) is 24.9. The fourth-order valence-corrected chi connectivity index (χ4v) is 4.04. The molecule has 4 aromatic rings. The van der Waals surface area contributed by atoms with E-state index in [1.165, 1.54) is 11.0 Å². The summed E-state index contributed by atoms with van der Waals surface area (Å²) in [6.45, 7) is 8.41. The van der Waals surface area contributed by atoms with Crippen molar-refractivity contribution in [2.75, 3.05) is 43.7 Å². The molecule has 190 valence electrons. The van der Waals surface area contributed by atoms with Gasteiger partial charge in [-0.1, -0.05) is 20.8 Å². The van der Waals surface area contributed by atoms with Gasteiger partial charge in [-0.15, -0.1) is 5.10 Å². The Labute approximate surface area is 209 Å². The molecule has 1 atom stereocenters. The molecule has 3 heterocycles. The lowest BCUT2D eigenvalue weighted by atomic mass is 10.2. The van der Waals surface area contributed by atoms with Crippen LogP contribution in [0, 0.1) is 0 Å². The summed E-state index contributed by atoms with van der Waals surface area (Å²) in [5, 5.41) is 11.8. The Kier molecular flexibility index (Phi) is 7.64. The monoisotopic (exact) mass is 492 g/mol. The van der Waals surface area contributed by atoms with E-state index in [2.05, 4.69) is 61.3 Å². The normalized spacial score (nSPS) is 12.1. The topological polar surface area (TPSA) is 141 Å². The Hall–Kier alpha value is -4.19. The number of hydrogen-bond acceptors (Lipinski definition) is 11. The summed E-state index contributed by atoms with van der Waals surface area (Å²) in [4.78, 5) is 20.0. The number of methoxy groups -OCH3 is 2. The van der Waals surface area contributed by atoms with Gasteiger partial charge >= 0.3 is 0 Å². The molecule has 0 aliphatic carbocycles. The molecule has 0 amide bonds. The quantitative estimate of drug-likeness (QED) is 0.265. The van der Waals surface area contributed by atoms with Crippen molar-refractivity contribution in [1.82, 2.24) is 34.6 Å². The summed E-state index contributed by atoms with van der Waals surface area (Å²) in [7, 11) is 3.14. The van der Waals surface area contributed by atoms with Crippen LogP contribution in [-0.4, -0.2) is 68.1 Å². The largest absolute Gasteiger partial charge is 0.493 e. The van der Waals surface area contributed by atoms with Crippen molar-refractivity contribution in [3.63, 3.8) is 0 Å². The van der Waals surface area contributed by atoms with Gasteiger partial charge in [0.1, 0.15) is 12.1 Å². The molecule has 0 fully saturated rings. The van der Waals surface area contributed by atoms with Gasteiger partial charge in [0.2, 0.25) is 11.9 Å². The summed E-state index contributed by atoms with van der Waals surface area (Å²) < 4.78 is 12.3. The molecule has 0 saturated carbocycles. The van der Waals surface area contributed by atoms with Gasteiger partial charge in [-0.25, -0.2) is 15.0 Å². The molecule has 12 heteroatoms. The summed E-state index contributed by atoms with van der Waals surface area (Å²) in [5.41, 5.74) is 7.58. The van der Waals surface area contributed by atoms with Gasteiger partial charge in [-0.3, -0.25) is 4.90 Å². The van der Waals surface area contributed by atoms with Crippen molar-refractivity contribution in [2.24, 2.45) is 0 Å². The molecule has 0 aliphatic rings. The highest BCUT2D eigenvalue weighted by Crippen LogP contribution is 2.33. The Balaban J connectivity index is 1.56. The van der Waals surface area contributed by atoms with Gasteiger partial charge in [-0.2, -0.15) is 9.67 Å². The van der Waals surface area contributed by atoms with E-state index >= 15 is 0 Å². The minimum absolute atomic E-state index is 0.170. The van der Waals surface area contributed by atoms with Crippen molar-refractivity contribution in [2.45, 2.75) is 33.4 Å². The van der Waals surface area contributed by atoms with Crippen LogP contribution in [0.15, 0.2) is 36.8 Å². The van der Waals surface area contributed by atoms with Gasteiger partial charge < -0.3 is 25.8 Å². The fraction of sp³-hybridized carbons (Fsp3) is 0.375. The Morgan fingerprint density at radius 1 is 1.03 bits per heavy atom. The van der Waals surface area contributed by atoms with E-state index in [-0.39, 0.29) is 12.1 Å². The van der Waals surface area contributed by atoms with Crippen LogP contribution in [0.5, 0.6) is 11.5 Å². The summed E-state index contributed by atoms with van der Waals surface area (Å²) >= 11 is 0. The van der Waals surface area contributed by atoms with Crippen molar-refractivity contribution >= 4 is 34.3 Å². The van der Waals surface area contributed by atoms with E-state index in [0.717, 1.165) is 31.0 Å². The molecule has 1 aromatic carbocycles. The van der Waals surface area contributed by atoms with Crippen LogP contribution < -0.4 is 25.8 Å². The number of nitrogens with two attached hydrogens (primary N) is 1. The maximum Gasteiger partial charge on any atom is 0.248 e. The molecule has 0 spiro atoms. The smallest absolute Gasteiger partial charge is 0.248 e. The SMILES string of the molecule is CCC(Nc1ccc(Nc2nc(N)n(-c3ncnc4cc(OC)c(OC)cc34)n2)cn1)N(CC)CC. The Morgan fingerprint density at radius 3 is 2.42 bits per heavy atom. The minimum Gasteiger partial charge on any atom is -0.493 e. The molecule has 0 bridgehead atoms. The van der Waals surface area contributed by atoms with Crippen LogP contribution in [0.1, 0.15) is 27.2 Å². The summed E-state index contributed by atoms with van der Waals surface area (Å²) in [6, 6.07) is 7.40. The van der Waals surface area contributed by atoms with Gasteiger partial charge in [0.25, 0.3) is 0 Å². The molecule has 4 N–H and O–H groups in total. The van der Waals surface area contributed by atoms with Crippen LogP contribution in [-0.2, 0) is 0 Å². The first-order valence-electron chi connectivity index (χ1n) is 11.8. The van der Waals surface area contributed by atoms with Crippen LogP contribution in [0.2, 0.25) is 0 Å². The van der Waals surface area contributed by atoms with Gasteiger partial charge in [0, 0.05) is 11.5 Å². The van der Waals surface area contributed by atoms with Gasteiger partial charge in [0.15, 0.2) is 17.3 Å². The van der Waals surface area contributed by atoms with Crippen LogP contribution in [0.4, 0.5) is 23.4 Å². The molecule has 0 saturated heterocycles. The predicted octanol–water partition coefficient (Wildman–Crippen LogP) is 3.44. The lowest BCUT2D eigenvalue weighted by Crippen LogP contribution is -2.40. The molecule has 3 aromatic heterocycles. The number of benzene rings is 1. The fourth-order valence-electron chi connectivity index (χ4n) is 4.04. The third-order valence-corrected chi connectivity index (χ3v) is 5.93. The second kappa shape index (κ2) is 11.0. The lowest BCUT2D eigenvalue weighted by molar-refractivity contribution is 0.233. The van der Waals surface area contributed by atoms with E-state index in [0.29, 0.717) is 34.2 Å². The lowest BCUT2D eigenvalue weighted by Gasteiger charge is -2.29. The highest BCUT2D eigenvalue weighted by atomic mass is 16.5. The zero-order valence-electron chi connectivity index (χ0n) is 21.2. The summed E-state index contributed by atoms with van der Waals surface area (Å²) in [6.07, 6.45) is 4.37. The molecule has 1 unspecified atom stereocenters. The van der Waals surface area contributed by atoms with E-state index in [1.807, 2.05) is 12.1 Å². The van der Waals surface area contributed by atoms with E-state index in [1.54, 1.807) is 32.5 Å². The third-order valence-electron chi connectivity index (χ3n) is 5.93. The number of anilines is 4. The van der Waals surface area contributed by atoms with Crippen LogP contribution in [0.25, 0.3) is 16.7 Å². The van der Waals surface area contributed by atoms with Gasteiger partial charge in [0.05, 0.1) is 37.8 Å². The molecule has 0 radical (unpaired) electrons. The molecule has 0 aliphatic heterocycles. The maximum atomic E-state index is 6.20. The summed E-state index contributed by atoms with van der Waals surface area (Å²) in [5.74, 6) is 2.87. The first-order valence-corrected chi connectivity index (χ1v) is 11.8. The van der Waals surface area contributed by atoms with Gasteiger partial charge in [-0.05, 0) is 37.7 Å². The van der Waals surface area contributed by atoms with Crippen LogP contribution >= 0.6 is 0 Å². The number of pyridine rings is 1. The number of nitrogens with zero attached hydrogens (tertiary/aromatic N) is 7. The van der Waals surface area contributed by atoms with E-state index in [9.17, 15) is 0 Å². The number of ether oxygens (including phenoxy) is 2. The van der Waals surface area contributed by atoms with Crippen molar-refractivity contribution in [3.8, 4) is 17.3 Å². The van der Waals surface area contributed by atoms with Crippen LogP contribution in [0.3, 0.4) is 0 Å². The highest BCUT2D eigenvalue weighted by molar-refractivity contribution is 5.88. The van der Waals surface area contributed by atoms with Crippen molar-refractivity contribution < 1.29 is 9.47 Å². The molecule has 12 nitrogen and oxygen atoms in total. The number of aromatic nitrogens is 6. The van der Waals surface area contributed by atoms with Crippen molar-refractivity contribution in [3.05, 3.63) is 36.8 Å². The number of rotatable bonds is 11. The first-order chi connectivity index (χ1) is 17.5. The average Bonchev–Trinajstić information content (AvgIpc) is 3.27.